The maximum absolute atomic E-state index is 12.4. The summed E-state index contributed by atoms with van der Waals surface area (Å²) >= 11 is 0. The van der Waals surface area contributed by atoms with E-state index in [2.05, 4.69) is 17.0 Å². The zero-order chi connectivity index (χ0) is 21.6. The second-order valence-corrected chi connectivity index (χ2v) is 9.19. The van der Waals surface area contributed by atoms with Crippen LogP contribution >= 0.6 is 0 Å². The lowest BCUT2D eigenvalue weighted by Gasteiger charge is -2.30. The van der Waals surface area contributed by atoms with Crippen molar-refractivity contribution in [3.63, 3.8) is 0 Å². The molecule has 2 rings (SSSR count). The molecule has 162 valence electrons. The summed E-state index contributed by atoms with van der Waals surface area (Å²) in [6.07, 6.45) is 3.18. The standard InChI is InChI=1S/C20H30N2O6S/c1-13-7-5-6-8-18(13)21-19(23)15(3)28-20(24)14(2)22-29(25,26)17-11-9-16(27-4)10-12-17/h9-15,18,22H,5-8H2,1-4H3,(H,21,23)/t13?,14-,15?,18?/m0/s1. The van der Waals surface area contributed by atoms with E-state index in [1.165, 1.54) is 45.2 Å². The van der Waals surface area contributed by atoms with E-state index in [1.54, 1.807) is 0 Å². The molecular weight excluding hydrogens is 396 g/mol. The third-order valence-electron chi connectivity index (χ3n) is 5.16. The van der Waals surface area contributed by atoms with Gasteiger partial charge in [-0.05, 0) is 56.9 Å². The molecule has 3 unspecified atom stereocenters. The zero-order valence-corrected chi connectivity index (χ0v) is 18.1. The molecule has 0 saturated heterocycles. The summed E-state index contributed by atoms with van der Waals surface area (Å²) in [5.74, 6) is -0.293. The van der Waals surface area contributed by atoms with Crippen LogP contribution in [0, 0.1) is 5.92 Å². The molecular formula is C20H30N2O6S. The smallest absolute Gasteiger partial charge is 0.324 e. The van der Waals surface area contributed by atoms with Gasteiger partial charge < -0.3 is 14.8 Å². The predicted octanol–water partition coefficient (Wildman–Crippen LogP) is 1.99. The SMILES string of the molecule is COc1ccc(S(=O)(=O)N[C@@H](C)C(=O)OC(C)C(=O)NC2CCCCC2C)cc1. The van der Waals surface area contributed by atoms with Gasteiger partial charge in [0.1, 0.15) is 11.8 Å². The fourth-order valence-corrected chi connectivity index (χ4v) is 4.46. The van der Waals surface area contributed by atoms with E-state index >= 15 is 0 Å². The number of sulfonamides is 1. The summed E-state index contributed by atoms with van der Waals surface area (Å²) in [6, 6.07) is 4.70. The highest BCUT2D eigenvalue weighted by Gasteiger charge is 2.29. The molecule has 1 aromatic carbocycles. The summed E-state index contributed by atoms with van der Waals surface area (Å²) in [7, 11) is -2.44. The molecule has 0 bridgehead atoms. The third-order valence-corrected chi connectivity index (χ3v) is 6.71. The minimum absolute atomic E-state index is 0.00460. The lowest BCUT2D eigenvalue weighted by Crippen LogP contribution is -2.47. The molecule has 2 N–H and O–H groups in total. The Morgan fingerprint density at radius 1 is 1.10 bits per heavy atom. The van der Waals surface area contributed by atoms with Crippen molar-refractivity contribution >= 4 is 21.9 Å². The molecule has 9 heteroatoms. The number of nitrogens with one attached hydrogen (secondary N) is 2. The number of benzene rings is 1. The molecule has 4 atom stereocenters. The Morgan fingerprint density at radius 2 is 1.72 bits per heavy atom. The van der Waals surface area contributed by atoms with E-state index in [0.29, 0.717) is 11.7 Å². The molecule has 1 fully saturated rings. The van der Waals surface area contributed by atoms with Crippen molar-refractivity contribution in [2.24, 2.45) is 5.92 Å². The van der Waals surface area contributed by atoms with E-state index in [-0.39, 0.29) is 16.8 Å². The first-order valence-corrected chi connectivity index (χ1v) is 11.3. The van der Waals surface area contributed by atoms with E-state index in [9.17, 15) is 18.0 Å². The molecule has 0 radical (unpaired) electrons. The van der Waals surface area contributed by atoms with Gasteiger partial charge in [0.05, 0.1) is 12.0 Å². The largest absolute Gasteiger partial charge is 0.497 e. The Hall–Kier alpha value is -2.13. The van der Waals surface area contributed by atoms with E-state index < -0.39 is 28.1 Å². The molecule has 1 saturated carbocycles. The van der Waals surface area contributed by atoms with Gasteiger partial charge in [-0.1, -0.05) is 19.8 Å². The van der Waals surface area contributed by atoms with Crippen LogP contribution in [-0.4, -0.2) is 45.6 Å². The highest BCUT2D eigenvalue weighted by molar-refractivity contribution is 7.89. The van der Waals surface area contributed by atoms with Crippen molar-refractivity contribution < 1.29 is 27.5 Å². The zero-order valence-electron chi connectivity index (χ0n) is 17.3. The Kier molecular flexibility index (Phi) is 8.04. The quantitative estimate of drug-likeness (QED) is 0.615. The van der Waals surface area contributed by atoms with Crippen molar-refractivity contribution in [2.45, 2.75) is 69.5 Å². The van der Waals surface area contributed by atoms with Crippen LogP contribution in [0.4, 0.5) is 0 Å². The number of hydrogen-bond acceptors (Lipinski definition) is 6. The number of carbonyl (C=O) groups is 2. The number of hydrogen-bond donors (Lipinski definition) is 2. The maximum atomic E-state index is 12.4. The number of amides is 1. The Balaban J connectivity index is 1.90. The molecule has 29 heavy (non-hydrogen) atoms. The van der Waals surface area contributed by atoms with Crippen LogP contribution < -0.4 is 14.8 Å². The normalized spacial score (nSPS) is 21.7. The fourth-order valence-electron chi connectivity index (χ4n) is 3.26. The van der Waals surface area contributed by atoms with Gasteiger partial charge in [0.25, 0.3) is 5.91 Å². The van der Waals surface area contributed by atoms with Gasteiger partial charge in [0.15, 0.2) is 6.10 Å². The van der Waals surface area contributed by atoms with E-state index in [4.69, 9.17) is 9.47 Å². The molecule has 1 amide bonds. The van der Waals surface area contributed by atoms with Crippen LogP contribution in [0.5, 0.6) is 5.75 Å². The Bertz CT molecular complexity index is 809. The van der Waals surface area contributed by atoms with Crippen molar-refractivity contribution in [1.29, 1.82) is 0 Å². The molecule has 0 spiro atoms. The predicted molar refractivity (Wildman–Crippen MR) is 108 cm³/mol. The van der Waals surface area contributed by atoms with E-state index in [0.717, 1.165) is 25.7 Å². The summed E-state index contributed by atoms with van der Waals surface area (Å²) in [6.45, 7) is 4.94. The Morgan fingerprint density at radius 3 is 2.31 bits per heavy atom. The van der Waals surface area contributed by atoms with Gasteiger partial charge in [0, 0.05) is 6.04 Å². The van der Waals surface area contributed by atoms with Crippen molar-refractivity contribution in [3.8, 4) is 5.75 Å². The lowest BCUT2D eigenvalue weighted by molar-refractivity contribution is -0.156. The average Bonchev–Trinajstić information content (AvgIpc) is 2.69. The highest BCUT2D eigenvalue weighted by Crippen LogP contribution is 2.23. The number of carbonyl (C=O) groups excluding carboxylic acids is 2. The van der Waals surface area contributed by atoms with Gasteiger partial charge in [-0.15, -0.1) is 0 Å². The van der Waals surface area contributed by atoms with Gasteiger partial charge in [-0.25, -0.2) is 8.42 Å². The van der Waals surface area contributed by atoms with Crippen molar-refractivity contribution in [2.75, 3.05) is 7.11 Å². The molecule has 1 aliphatic carbocycles. The number of ether oxygens (including phenoxy) is 2. The number of rotatable bonds is 8. The van der Waals surface area contributed by atoms with Crippen molar-refractivity contribution in [1.82, 2.24) is 10.0 Å². The molecule has 0 aliphatic heterocycles. The van der Waals surface area contributed by atoms with Crippen LogP contribution in [0.25, 0.3) is 0 Å². The van der Waals surface area contributed by atoms with Crippen LogP contribution in [0.2, 0.25) is 0 Å². The first-order chi connectivity index (χ1) is 13.6. The Labute approximate surface area is 172 Å². The highest BCUT2D eigenvalue weighted by atomic mass is 32.2. The van der Waals surface area contributed by atoms with Crippen LogP contribution in [0.1, 0.15) is 46.5 Å². The minimum atomic E-state index is -3.92. The topological polar surface area (TPSA) is 111 Å². The van der Waals surface area contributed by atoms with Gasteiger partial charge in [0.2, 0.25) is 10.0 Å². The third kappa shape index (κ3) is 6.43. The summed E-state index contributed by atoms with van der Waals surface area (Å²) in [5, 5.41) is 2.93. The fraction of sp³-hybridized carbons (Fsp3) is 0.600. The van der Waals surface area contributed by atoms with Crippen LogP contribution in [0.15, 0.2) is 29.2 Å². The van der Waals surface area contributed by atoms with Crippen LogP contribution in [-0.2, 0) is 24.3 Å². The molecule has 1 aliphatic rings. The summed E-state index contributed by atoms with van der Waals surface area (Å²) in [5.41, 5.74) is 0. The number of esters is 1. The minimum Gasteiger partial charge on any atom is -0.497 e. The van der Waals surface area contributed by atoms with Gasteiger partial charge in [-0.3, -0.25) is 9.59 Å². The number of methoxy groups -OCH3 is 1. The lowest BCUT2D eigenvalue weighted by atomic mass is 9.86. The van der Waals surface area contributed by atoms with Crippen LogP contribution in [0.3, 0.4) is 0 Å². The van der Waals surface area contributed by atoms with Gasteiger partial charge in [-0.2, -0.15) is 4.72 Å². The molecule has 8 nitrogen and oxygen atoms in total. The summed E-state index contributed by atoms with van der Waals surface area (Å²) in [4.78, 5) is 24.6. The monoisotopic (exact) mass is 426 g/mol. The molecule has 0 aromatic heterocycles. The molecule has 1 aromatic rings. The van der Waals surface area contributed by atoms with Gasteiger partial charge >= 0.3 is 5.97 Å². The van der Waals surface area contributed by atoms with Crippen molar-refractivity contribution in [3.05, 3.63) is 24.3 Å². The molecule has 0 heterocycles. The summed E-state index contributed by atoms with van der Waals surface area (Å²) < 4.78 is 37.3. The maximum Gasteiger partial charge on any atom is 0.324 e. The van der Waals surface area contributed by atoms with E-state index in [1.807, 2.05) is 0 Å². The second kappa shape index (κ2) is 10.1. The first kappa shape index (κ1) is 23.2. The first-order valence-electron chi connectivity index (χ1n) is 9.81. The average molecular weight is 427 g/mol. The second-order valence-electron chi connectivity index (χ2n) is 7.47.